The average Bonchev–Trinajstić information content (AvgIpc) is 2.16. The number of aliphatic hydroxyl groups excluding tert-OH is 1. The molecule has 1 aromatic heterocycles. The second-order valence-electron chi connectivity index (χ2n) is 2.97. The number of pyridine rings is 1. The van der Waals surface area contributed by atoms with Crippen molar-refractivity contribution >= 4 is 5.82 Å². The second-order valence-corrected chi connectivity index (χ2v) is 2.97. The minimum absolute atomic E-state index is 0.230. The fourth-order valence-corrected chi connectivity index (χ4v) is 0.981. The topological polar surface area (TPSA) is 102 Å². The summed E-state index contributed by atoms with van der Waals surface area (Å²) in [4.78, 5) is 13.3. The molecule has 0 aliphatic carbocycles. The predicted molar refractivity (Wildman–Crippen MR) is 49.5 cm³/mol. The van der Waals surface area contributed by atoms with Crippen LogP contribution < -0.4 is 5.73 Å². The van der Waals surface area contributed by atoms with Gasteiger partial charge in [0.1, 0.15) is 6.20 Å². The highest BCUT2D eigenvalue weighted by Crippen LogP contribution is 2.15. The van der Waals surface area contributed by atoms with Crippen LogP contribution in [0, 0.1) is 10.1 Å². The van der Waals surface area contributed by atoms with Gasteiger partial charge in [0.05, 0.1) is 12.1 Å². The Balaban J connectivity index is 2.88. The van der Waals surface area contributed by atoms with Crippen LogP contribution in [0.4, 0.5) is 5.82 Å². The van der Waals surface area contributed by atoms with Crippen LogP contribution >= 0.6 is 0 Å². The van der Waals surface area contributed by atoms with Gasteiger partial charge < -0.3 is 21.0 Å². The van der Waals surface area contributed by atoms with E-state index in [2.05, 4.69) is 4.98 Å². The molecule has 1 rings (SSSR count). The molecule has 0 radical (unpaired) electrons. The standard InChI is InChI=1S/C8H11N3O3/c1-5(12)8(9)6-2-3-7(10-4-6)11(13)14/h2-5,8,12H,9H2,1H3/t5-,8-/m1/s1. The fraction of sp³-hybridized carbons (Fsp3) is 0.375. The van der Waals surface area contributed by atoms with Crippen molar-refractivity contribution in [3.63, 3.8) is 0 Å². The summed E-state index contributed by atoms with van der Waals surface area (Å²) in [7, 11) is 0. The molecule has 0 aliphatic heterocycles. The quantitative estimate of drug-likeness (QED) is 0.538. The molecular formula is C8H11N3O3. The van der Waals surface area contributed by atoms with Gasteiger partial charge in [-0.1, -0.05) is 0 Å². The van der Waals surface area contributed by atoms with E-state index in [1.165, 1.54) is 18.3 Å². The van der Waals surface area contributed by atoms with Crippen LogP contribution in [-0.2, 0) is 0 Å². The minimum atomic E-state index is -0.710. The first kappa shape index (κ1) is 10.6. The molecule has 0 bridgehead atoms. The molecule has 3 N–H and O–H groups in total. The first-order valence-corrected chi connectivity index (χ1v) is 4.06. The van der Waals surface area contributed by atoms with Crippen molar-refractivity contribution in [1.29, 1.82) is 0 Å². The summed E-state index contributed by atoms with van der Waals surface area (Å²) in [6, 6.07) is 2.18. The molecule has 0 spiro atoms. The number of hydrogen-bond acceptors (Lipinski definition) is 5. The molecule has 1 heterocycles. The van der Waals surface area contributed by atoms with Crippen LogP contribution in [0.2, 0.25) is 0 Å². The van der Waals surface area contributed by atoms with E-state index in [-0.39, 0.29) is 5.82 Å². The summed E-state index contributed by atoms with van der Waals surface area (Å²) in [5, 5.41) is 19.4. The first-order chi connectivity index (χ1) is 6.52. The molecule has 1 aromatic rings. The van der Waals surface area contributed by atoms with E-state index >= 15 is 0 Å². The number of hydrogen-bond donors (Lipinski definition) is 2. The Morgan fingerprint density at radius 1 is 1.64 bits per heavy atom. The fourth-order valence-electron chi connectivity index (χ4n) is 0.981. The molecule has 0 aromatic carbocycles. The smallest absolute Gasteiger partial charge is 0.363 e. The van der Waals surface area contributed by atoms with E-state index < -0.39 is 17.1 Å². The van der Waals surface area contributed by atoms with Crippen molar-refractivity contribution in [2.24, 2.45) is 5.73 Å². The van der Waals surface area contributed by atoms with Gasteiger partial charge in [-0.25, -0.2) is 0 Å². The highest BCUT2D eigenvalue weighted by Gasteiger charge is 2.15. The van der Waals surface area contributed by atoms with E-state index in [1.807, 2.05) is 0 Å². The highest BCUT2D eigenvalue weighted by atomic mass is 16.6. The molecule has 0 unspecified atom stereocenters. The minimum Gasteiger partial charge on any atom is -0.391 e. The van der Waals surface area contributed by atoms with E-state index in [0.717, 1.165) is 0 Å². The van der Waals surface area contributed by atoms with E-state index in [0.29, 0.717) is 5.56 Å². The lowest BCUT2D eigenvalue weighted by atomic mass is 10.1. The molecule has 0 fully saturated rings. The summed E-state index contributed by atoms with van der Waals surface area (Å²) in [6.07, 6.45) is 0.591. The Labute approximate surface area is 80.5 Å². The van der Waals surface area contributed by atoms with Gasteiger partial charge in [-0.3, -0.25) is 0 Å². The average molecular weight is 197 g/mol. The van der Waals surface area contributed by atoms with E-state index in [1.54, 1.807) is 6.92 Å². The van der Waals surface area contributed by atoms with Gasteiger partial charge in [0.2, 0.25) is 0 Å². The van der Waals surface area contributed by atoms with Crippen LogP contribution in [0.25, 0.3) is 0 Å². The summed E-state index contributed by atoms with van der Waals surface area (Å²) in [5.41, 5.74) is 6.18. The van der Waals surface area contributed by atoms with Crippen molar-refractivity contribution in [3.05, 3.63) is 34.0 Å². The Bertz CT molecular complexity index is 323. The van der Waals surface area contributed by atoms with Crippen molar-refractivity contribution in [2.75, 3.05) is 0 Å². The molecule has 0 saturated carbocycles. The molecule has 0 saturated heterocycles. The van der Waals surface area contributed by atoms with E-state index in [4.69, 9.17) is 10.8 Å². The monoisotopic (exact) mass is 197 g/mol. The molecule has 6 nitrogen and oxygen atoms in total. The van der Waals surface area contributed by atoms with Crippen LogP contribution in [0.15, 0.2) is 18.3 Å². The Morgan fingerprint density at radius 2 is 2.29 bits per heavy atom. The van der Waals surface area contributed by atoms with Gasteiger partial charge in [0, 0.05) is 11.6 Å². The van der Waals surface area contributed by atoms with Crippen molar-refractivity contribution in [3.8, 4) is 0 Å². The summed E-state index contributed by atoms with van der Waals surface area (Å²) in [5.74, 6) is -0.230. The number of nitrogens with zero attached hydrogens (tertiary/aromatic N) is 2. The highest BCUT2D eigenvalue weighted by molar-refractivity contribution is 5.25. The maximum absolute atomic E-state index is 10.3. The number of aliphatic hydroxyl groups is 1. The van der Waals surface area contributed by atoms with Gasteiger partial charge in [-0.15, -0.1) is 0 Å². The Kier molecular flexibility index (Phi) is 3.10. The zero-order chi connectivity index (χ0) is 10.7. The molecule has 0 aliphatic rings. The molecule has 76 valence electrons. The molecular weight excluding hydrogens is 186 g/mol. The van der Waals surface area contributed by atoms with E-state index in [9.17, 15) is 10.1 Å². The number of aromatic nitrogens is 1. The Morgan fingerprint density at radius 3 is 2.64 bits per heavy atom. The molecule has 6 heteroatoms. The van der Waals surface area contributed by atoms with Crippen LogP contribution in [0.1, 0.15) is 18.5 Å². The van der Waals surface area contributed by atoms with Gasteiger partial charge in [-0.05, 0) is 22.9 Å². The Hall–Kier alpha value is -1.53. The van der Waals surface area contributed by atoms with Gasteiger partial charge in [0.15, 0.2) is 0 Å². The van der Waals surface area contributed by atoms with Gasteiger partial charge in [0.25, 0.3) is 0 Å². The SMILES string of the molecule is C[C@@H](O)[C@@H](N)c1ccc([N+](=O)[O-])nc1. The summed E-state index contributed by atoms with van der Waals surface area (Å²) < 4.78 is 0. The summed E-state index contributed by atoms with van der Waals surface area (Å²) in [6.45, 7) is 1.55. The van der Waals surface area contributed by atoms with Crippen molar-refractivity contribution < 1.29 is 10.0 Å². The van der Waals surface area contributed by atoms with Gasteiger partial charge >= 0.3 is 5.82 Å². The predicted octanol–water partition coefficient (Wildman–Crippen LogP) is 0.370. The van der Waals surface area contributed by atoms with Crippen LogP contribution in [0.3, 0.4) is 0 Å². The van der Waals surface area contributed by atoms with Crippen LogP contribution in [-0.4, -0.2) is 21.1 Å². The third kappa shape index (κ3) is 2.24. The first-order valence-electron chi connectivity index (χ1n) is 4.06. The molecule has 2 atom stereocenters. The summed E-state index contributed by atoms with van der Waals surface area (Å²) >= 11 is 0. The molecule has 14 heavy (non-hydrogen) atoms. The second kappa shape index (κ2) is 4.12. The maximum Gasteiger partial charge on any atom is 0.363 e. The normalized spacial score (nSPS) is 14.8. The third-order valence-corrected chi connectivity index (χ3v) is 1.86. The number of nitro groups is 1. The van der Waals surface area contributed by atoms with Crippen LogP contribution in [0.5, 0.6) is 0 Å². The largest absolute Gasteiger partial charge is 0.391 e. The maximum atomic E-state index is 10.3. The lowest BCUT2D eigenvalue weighted by molar-refractivity contribution is -0.389. The zero-order valence-corrected chi connectivity index (χ0v) is 7.62. The van der Waals surface area contributed by atoms with Gasteiger partial charge in [-0.2, -0.15) is 0 Å². The lowest BCUT2D eigenvalue weighted by Gasteiger charge is -2.12. The number of rotatable bonds is 3. The van der Waals surface area contributed by atoms with Crippen molar-refractivity contribution in [2.45, 2.75) is 19.1 Å². The number of nitrogens with two attached hydrogens (primary N) is 1. The zero-order valence-electron chi connectivity index (χ0n) is 7.62. The molecule has 0 amide bonds. The lowest BCUT2D eigenvalue weighted by Crippen LogP contribution is -2.23. The van der Waals surface area contributed by atoms with Crippen molar-refractivity contribution in [1.82, 2.24) is 4.98 Å². The third-order valence-electron chi connectivity index (χ3n) is 1.86.